The quantitative estimate of drug-likeness (QED) is 0.854. The highest BCUT2D eigenvalue weighted by Crippen LogP contribution is 2.12. The van der Waals surface area contributed by atoms with Crippen LogP contribution in [0.4, 0.5) is 5.69 Å². The first-order chi connectivity index (χ1) is 10.2. The van der Waals surface area contributed by atoms with E-state index in [0.717, 1.165) is 24.3 Å². The van der Waals surface area contributed by atoms with Crippen LogP contribution in [0.2, 0.25) is 0 Å². The summed E-state index contributed by atoms with van der Waals surface area (Å²) in [5, 5.41) is 6.24. The summed E-state index contributed by atoms with van der Waals surface area (Å²) in [7, 11) is 0. The molecule has 1 unspecified atom stereocenters. The van der Waals surface area contributed by atoms with Crippen LogP contribution in [0.25, 0.3) is 0 Å². The van der Waals surface area contributed by atoms with Crippen molar-refractivity contribution in [2.45, 2.75) is 26.3 Å². The molecule has 0 aliphatic carbocycles. The fourth-order valence-electron chi connectivity index (χ4n) is 1.99. The van der Waals surface area contributed by atoms with E-state index in [-0.39, 0.29) is 11.9 Å². The van der Waals surface area contributed by atoms with Crippen molar-refractivity contribution >= 4 is 11.6 Å². The van der Waals surface area contributed by atoms with Crippen molar-refractivity contribution in [3.05, 3.63) is 59.9 Å². The number of hydrogen-bond acceptors (Lipinski definition) is 3. The largest absolute Gasteiger partial charge is 0.385 e. The smallest absolute Gasteiger partial charge is 0.251 e. The third-order valence-electron chi connectivity index (χ3n) is 3.21. The molecule has 4 heteroatoms. The predicted molar refractivity (Wildman–Crippen MR) is 85.3 cm³/mol. The Morgan fingerprint density at radius 3 is 2.57 bits per heavy atom. The monoisotopic (exact) mass is 283 g/mol. The summed E-state index contributed by atoms with van der Waals surface area (Å²) in [6, 6.07) is 13.1. The van der Waals surface area contributed by atoms with E-state index >= 15 is 0 Å². The lowest BCUT2D eigenvalue weighted by Crippen LogP contribution is -2.27. The minimum absolute atomic E-state index is 0.0878. The molecule has 0 radical (unpaired) electrons. The highest BCUT2D eigenvalue weighted by atomic mass is 16.1. The Morgan fingerprint density at radius 1 is 1.19 bits per heavy atom. The molecular formula is C17H21N3O. The zero-order valence-corrected chi connectivity index (χ0v) is 12.5. The van der Waals surface area contributed by atoms with Gasteiger partial charge in [0.2, 0.25) is 0 Å². The van der Waals surface area contributed by atoms with Gasteiger partial charge in [-0.3, -0.25) is 9.78 Å². The van der Waals surface area contributed by atoms with Gasteiger partial charge < -0.3 is 10.6 Å². The van der Waals surface area contributed by atoms with Crippen LogP contribution in [0.5, 0.6) is 0 Å². The number of pyridine rings is 1. The molecule has 2 N–H and O–H groups in total. The molecule has 0 aliphatic rings. The van der Waals surface area contributed by atoms with Gasteiger partial charge in [0.05, 0.1) is 11.7 Å². The first-order valence-electron chi connectivity index (χ1n) is 7.26. The number of carbonyl (C=O) groups is 1. The molecule has 0 spiro atoms. The number of anilines is 1. The first-order valence-corrected chi connectivity index (χ1v) is 7.26. The summed E-state index contributed by atoms with van der Waals surface area (Å²) in [4.78, 5) is 16.4. The van der Waals surface area contributed by atoms with Crippen molar-refractivity contribution in [2.75, 3.05) is 11.9 Å². The van der Waals surface area contributed by atoms with Gasteiger partial charge in [0.1, 0.15) is 0 Å². The molecule has 110 valence electrons. The van der Waals surface area contributed by atoms with E-state index in [1.54, 1.807) is 6.20 Å². The molecule has 0 saturated heterocycles. The topological polar surface area (TPSA) is 54.0 Å². The molecular weight excluding hydrogens is 262 g/mol. The third-order valence-corrected chi connectivity index (χ3v) is 3.21. The molecule has 2 aromatic rings. The molecule has 4 nitrogen and oxygen atoms in total. The molecule has 1 aromatic carbocycles. The van der Waals surface area contributed by atoms with Crippen LogP contribution in [-0.4, -0.2) is 17.4 Å². The van der Waals surface area contributed by atoms with Gasteiger partial charge in [0, 0.05) is 24.0 Å². The average Bonchev–Trinajstić information content (AvgIpc) is 2.54. The Hall–Kier alpha value is -2.36. The minimum Gasteiger partial charge on any atom is -0.385 e. The van der Waals surface area contributed by atoms with E-state index in [1.165, 1.54) is 0 Å². The number of hydrogen-bond donors (Lipinski definition) is 2. The second-order valence-corrected chi connectivity index (χ2v) is 4.95. The summed E-state index contributed by atoms with van der Waals surface area (Å²) in [5.74, 6) is -0.0878. The Morgan fingerprint density at radius 2 is 1.95 bits per heavy atom. The zero-order valence-electron chi connectivity index (χ0n) is 12.5. The molecule has 0 saturated carbocycles. The Kier molecular flexibility index (Phi) is 5.32. The van der Waals surface area contributed by atoms with Crippen LogP contribution in [0.15, 0.2) is 48.7 Å². The SMILES string of the molecule is CCCNc1ccc(C(=O)NC(C)c2ccccn2)cc1. The molecule has 1 amide bonds. The minimum atomic E-state index is -0.114. The zero-order chi connectivity index (χ0) is 15.1. The maximum Gasteiger partial charge on any atom is 0.251 e. The van der Waals surface area contributed by atoms with Gasteiger partial charge in [0.15, 0.2) is 0 Å². The summed E-state index contributed by atoms with van der Waals surface area (Å²) in [6.45, 7) is 4.98. The number of rotatable bonds is 6. The van der Waals surface area contributed by atoms with Crippen molar-refractivity contribution < 1.29 is 4.79 Å². The van der Waals surface area contributed by atoms with E-state index < -0.39 is 0 Å². The van der Waals surface area contributed by atoms with E-state index in [9.17, 15) is 4.79 Å². The van der Waals surface area contributed by atoms with Gasteiger partial charge >= 0.3 is 0 Å². The molecule has 0 bridgehead atoms. The average molecular weight is 283 g/mol. The Labute approximate surface area is 125 Å². The Bertz CT molecular complexity index is 566. The fraction of sp³-hybridized carbons (Fsp3) is 0.294. The van der Waals surface area contributed by atoms with Gasteiger partial charge in [-0.05, 0) is 49.7 Å². The molecule has 1 heterocycles. The second-order valence-electron chi connectivity index (χ2n) is 4.95. The molecule has 2 rings (SSSR count). The van der Waals surface area contributed by atoms with Crippen molar-refractivity contribution in [3.63, 3.8) is 0 Å². The molecule has 1 aromatic heterocycles. The number of amides is 1. The normalized spacial score (nSPS) is 11.7. The lowest BCUT2D eigenvalue weighted by molar-refractivity contribution is 0.0939. The first kappa shape index (κ1) is 15.0. The summed E-state index contributed by atoms with van der Waals surface area (Å²) in [6.07, 6.45) is 2.80. The number of carbonyl (C=O) groups excluding carboxylic acids is 1. The van der Waals surface area contributed by atoms with E-state index in [4.69, 9.17) is 0 Å². The second kappa shape index (κ2) is 7.43. The lowest BCUT2D eigenvalue weighted by atomic mass is 10.1. The number of nitrogens with zero attached hydrogens (tertiary/aromatic N) is 1. The third kappa shape index (κ3) is 4.31. The van der Waals surface area contributed by atoms with E-state index in [2.05, 4.69) is 22.5 Å². The van der Waals surface area contributed by atoms with Crippen molar-refractivity contribution in [1.29, 1.82) is 0 Å². The number of nitrogens with one attached hydrogen (secondary N) is 2. The number of aromatic nitrogens is 1. The van der Waals surface area contributed by atoms with Gasteiger partial charge in [-0.15, -0.1) is 0 Å². The van der Waals surface area contributed by atoms with Gasteiger partial charge in [0.25, 0.3) is 5.91 Å². The maximum atomic E-state index is 12.2. The molecule has 0 fully saturated rings. The van der Waals surface area contributed by atoms with Crippen LogP contribution in [0, 0.1) is 0 Å². The number of benzene rings is 1. The molecule has 21 heavy (non-hydrogen) atoms. The van der Waals surface area contributed by atoms with Crippen LogP contribution >= 0.6 is 0 Å². The van der Waals surface area contributed by atoms with E-state index in [0.29, 0.717) is 5.56 Å². The van der Waals surface area contributed by atoms with Gasteiger partial charge in [-0.25, -0.2) is 0 Å². The van der Waals surface area contributed by atoms with Crippen LogP contribution < -0.4 is 10.6 Å². The van der Waals surface area contributed by atoms with E-state index in [1.807, 2.05) is 49.4 Å². The fourth-order valence-corrected chi connectivity index (χ4v) is 1.99. The van der Waals surface area contributed by atoms with Crippen LogP contribution in [0.3, 0.4) is 0 Å². The van der Waals surface area contributed by atoms with Gasteiger partial charge in [-0.1, -0.05) is 13.0 Å². The lowest BCUT2D eigenvalue weighted by Gasteiger charge is -2.13. The highest BCUT2D eigenvalue weighted by Gasteiger charge is 2.11. The van der Waals surface area contributed by atoms with Crippen LogP contribution in [0.1, 0.15) is 42.4 Å². The molecule has 1 atom stereocenters. The van der Waals surface area contributed by atoms with Gasteiger partial charge in [-0.2, -0.15) is 0 Å². The van der Waals surface area contributed by atoms with Crippen molar-refractivity contribution in [2.24, 2.45) is 0 Å². The standard InChI is InChI=1S/C17H21N3O/c1-3-11-18-15-9-7-14(8-10-15)17(21)20-13(2)16-6-4-5-12-19-16/h4-10,12-13,18H,3,11H2,1-2H3,(H,20,21). The van der Waals surface area contributed by atoms with Crippen LogP contribution in [-0.2, 0) is 0 Å². The summed E-state index contributed by atoms with van der Waals surface area (Å²) in [5.41, 5.74) is 2.54. The highest BCUT2D eigenvalue weighted by molar-refractivity contribution is 5.94. The van der Waals surface area contributed by atoms with Crippen molar-refractivity contribution in [1.82, 2.24) is 10.3 Å². The summed E-state index contributed by atoms with van der Waals surface area (Å²) < 4.78 is 0. The predicted octanol–water partition coefficient (Wildman–Crippen LogP) is 3.39. The Balaban J connectivity index is 1.97. The molecule has 0 aliphatic heterocycles. The van der Waals surface area contributed by atoms with Crippen molar-refractivity contribution in [3.8, 4) is 0 Å². The maximum absolute atomic E-state index is 12.2. The summed E-state index contributed by atoms with van der Waals surface area (Å²) >= 11 is 0.